The van der Waals surface area contributed by atoms with Crippen molar-refractivity contribution in [1.29, 1.82) is 0 Å². The van der Waals surface area contributed by atoms with Gasteiger partial charge in [0.05, 0.1) is 0 Å². The van der Waals surface area contributed by atoms with E-state index in [2.05, 4.69) is 19.9 Å². The van der Waals surface area contributed by atoms with E-state index in [1.807, 2.05) is 12.1 Å². The molecule has 0 unspecified atom stereocenters. The molecule has 0 amide bonds. The number of hydrogen-bond donors (Lipinski definition) is 0. The molecule has 2 aromatic rings. The lowest BCUT2D eigenvalue weighted by molar-refractivity contribution is 0.629. The summed E-state index contributed by atoms with van der Waals surface area (Å²) in [6.45, 7) is 4.23. The molecule has 0 bridgehead atoms. The molecule has 2 rings (SSSR count). The highest BCUT2D eigenvalue weighted by Gasteiger charge is 2.03. The second-order valence-corrected chi connectivity index (χ2v) is 3.58. The highest BCUT2D eigenvalue weighted by Crippen LogP contribution is 2.23. The molecule has 1 heteroatoms. The first-order chi connectivity index (χ1) is 6.72. The molecule has 0 saturated heterocycles. The average Bonchev–Trinajstić information content (AvgIpc) is 2.18. The van der Waals surface area contributed by atoms with Gasteiger partial charge < -0.3 is 0 Å². The van der Waals surface area contributed by atoms with Gasteiger partial charge in [0.25, 0.3) is 0 Å². The van der Waals surface area contributed by atoms with Crippen molar-refractivity contribution in [2.24, 2.45) is 0 Å². The van der Waals surface area contributed by atoms with Crippen molar-refractivity contribution in [2.75, 3.05) is 0 Å². The van der Waals surface area contributed by atoms with Gasteiger partial charge in [-0.15, -0.1) is 0 Å². The number of hydrogen-bond acceptors (Lipinski definition) is 0. The smallest absolute Gasteiger partial charge is 0.123 e. The Morgan fingerprint density at radius 1 is 1.14 bits per heavy atom. The van der Waals surface area contributed by atoms with Crippen molar-refractivity contribution in [3.8, 4) is 0 Å². The maximum absolute atomic E-state index is 13.0. The molecule has 0 aliphatic carbocycles. The summed E-state index contributed by atoms with van der Waals surface area (Å²) in [5, 5.41) is 2.17. The van der Waals surface area contributed by atoms with Crippen molar-refractivity contribution in [2.45, 2.75) is 20.3 Å². The van der Waals surface area contributed by atoms with Crippen LogP contribution in [0.1, 0.15) is 18.1 Å². The number of fused-ring (bicyclic) bond motifs is 1. The molecule has 0 heterocycles. The quantitative estimate of drug-likeness (QED) is 0.637. The molecule has 0 aromatic heterocycles. The first-order valence-corrected chi connectivity index (χ1v) is 4.90. The zero-order chi connectivity index (χ0) is 10.1. The van der Waals surface area contributed by atoms with E-state index < -0.39 is 0 Å². The maximum atomic E-state index is 13.0. The van der Waals surface area contributed by atoms with Gasteiger partial charge in [-0.1, -0.05) is 25.1 Å². The highest BCUT2D eigenvalue weighted by molar-refractivity contribution is 5.86. The van der Waals surface area contributed by atoms with Crippen molar-refractivity contribution in [3.05, 3.63) is 47.3 Å². The predicted molar refractivity (Wildman–Crippen MR) is 58.0 cm³/mol. The van der Waals surface area contributed by atoms with Crippen molar-refractivity contribution < 1.29 is 4.39 Å². The molecule has 0 N–H and O–H groups in total. The number of rotatable bonds is 1. The van der Waals surface area contributed by atoms with E-state index in [1.54, 1.807) is 6.07 Å². The third-order valence-electron chi connectivity index (χ3n) is 2.68. The topological polar surface area (TPSA) is 0 Å². The second-order valence-electron chi connectivity index (χ2n) is 3.58. The van der Waals surface area contributed by atoms with Gasteiger partial charge in [0, 0.05) is 0 Å². The molecule has 0 radical (unpaired) electrons. The van der Waals surface area contributed by atoms with Crippen LogP contribution in [0.15, 0.2) is 30.3 Å². The van der Waals surface area contributed by atoms with E-state index in [-0.39, 0.29) is 5.82 Å². The largest absolute Gasteiger partial charge is 0.207 e. The molecular weight excluding hydrogens is 175 g/mol. The van der Waals surface area contributed by atoms with Crippen LogP contribution in [-0.4, -0.2) is 0 Å². The lowest BCUT2D eigenvalue weighted by Gasteiger charge is -2.07. The van der Waals surface area contributed by atoms with Gasteiger partial charge in [0.15, 0.2) is 0 Å². The van der Waals surface area contributed by atoms with Crippen LogP contribution in [-0.2, 0) is 6.42 Å². The van der Waals surface area contributed by atoms with E-state index in [9.17, 15) is 4.39 Å². The molecule has 0 atom stereocenters. The Morgan fingerprint density at radius 2 is 1.93 bits per heavy atom. The first kappa shape index (κ1) is 9.20. The van der Waals surface area contributed by atoms with Gasteiger partial charge >= 0.3 is 0 Å². The van der Waals surface area contributed by atoms with Crippen LogP contribution < -0.4 is 0 Å². The van der Waals surface area contributed by atoms with E-state index >= 15 is 0 Å². The minimum atomic E-state index is -0.164. The summed E-state index contributed by atoms with van der Waals surface area (Å²) in [6.07, 6.45) is 0.995. The van der Waals surface area contributed by atoms with Gasteiger partial charge in [0.2, 0.25) is 0 Å². The molecule has 0 saturated carbocycles. The van der Waals surface area contributed by atoms with E-state index in [4.69, 9.17) is 0 Å². The number of halogens is 1. The van der Waals surface area contributed by atoms with Crippen molar-refractivity contribution in [1.82, 2.24) is 0 Å². The van der Waals surface area contributed by atoms with Gasteiger partial charge in [-0.2, -0.15) is 0 Å². The van der Waals surface area contributed by atoms with Crippen molar-refractivity contribution in [3.63, 3.8) is 0 Å². The summed E-state index contributed by atoms with van der Waals surface area (Å²) in [7, 11) is 0. The lowest BCUT2D eigenvalue weighted by Crippen LogP contribution is -1.89. The van der Waals surface area contributed by atoms with Gasteiger partial charge in [0.1, 0.15) is 5.82 Å². The number of benzene rings is 2. The Labute approximate surface area is 83.4 Å². The van der Waals surface area contributed by atoms with Gasteiger partial charge in [-0.05, 0) is 47.4 Å². The van der Waals surface area contributed by atoms with E-state index in [0.29, 0.717) is 0 Å². The van der Waals surface area contributed by atoms with Crippen LogP contribution in [0.4, 0.5) is 4.39 Å². The molecule has 0 spiro atoms. The minimum Gasteiger partial charge on any atom is -0.207 e. The fraction of sp³-hybridized carbons (Fsp3) is 0.231. The summed E-state index contributed by atoms with van der Waals surface area (Å²) in [5.41, 5.74) is 2.61. The maximum Gasteiger partial charge on any atom is 0.123 e. The van der Waals surface area contributed by atoms with Crippen LogP contribution in [0.25, 0.3) is 10.8 Å². The van der Waals surface area contributed by atoms with Crippen LogP contribution in [0.5, 0.6) is 0 Å². The van der Waals surface area contributed by atoms with E-state index in [1.165, 1.54) is 22.6 Å². The zero-order valence-corrected chi connectivity index (χ0v) is 8.47. The SMILES string of the molecule is CCc1c(C)ccc2cc(F)ccc12. The third-order valence-corrected chi connectivity index (χ3v) is 2.68. The Balaban J connectivity index is 2.82. The first-order valence-electron chi connectivity index (χ1n) is 4.90. The molecule has 0 aliphatic heterocycles. The normalized spacial score (nSPS) is 10.8. The van der Waals surface area contributed by atoms with E-state index in [0.717, 1.165) is 11.8 Å². The summed E-state index contributed by atoms with van der Waals surface area (Å²) in [5.74, 6) is -0.164. The van der Waals surface area contributed by atoms with Crippen LogP contribution in [0.3, 0.4) is 0 Å². The van der Waals surface area contributed by atoms with Gasteiger partial charge in [-0.3, -0.25) is 0 Å². The predicted octanol–water partition coefficient (Wildman–Crippen LogP) is 3.85. The average molecular weight is 188 g/mol. The Bertz CT molecular complexity index is 472. The minimum absolute atomic E-state index is 0.164. The van der Waals surface area contributed by atoms with Crippen molar-refractivity contribution >= 4 is 10.8 Å². The summed E-state index contributed by atoms with van der Waals surface area (Å²) in [4.78, 5) is 0. The number of aryl methyl sites for hydroxylation is 2. The fourth-order valence-electron chi connectivity index (χ4n) is 1.94. The Kier molecular flexibility index (Phi) is 2.24. The van der Waals surface area contributed by atoms with Crippen LogP contribution in [0, 0.1) is 12.7 Å². The Morgan fingerprint density at radius 3 is 2.64 bits per heavy atom. The Hall–Kier alpha value is -1.37. The fourth-order valence-corrected chi connectivity index (χ4v) is 1.94. The zero-order valence-electron chi connectivity index (χ0n) is 8.47. The van der Waals surface area contributed by atoms with Gasteiger partial charge in [-0.25, -0.2) is 4.39 Å². The molecule has 0 fully saturated rings. The molecule has 14 heavy (non-hydrogen) atoms. The van der Waals surface area contributed by atoms with Crippen LogP contribution >= 0.6 is 0 Å². The summed E-state index contributed by atoms with van der Waals surface area (Å²) >= 11 is 0. The molecule has 72 valence electrons. The molecule has 0 nitrogen and oxygen atoms in total. The summed E-state index contributed by atoms with van der Waals surface area (Å²) < 4.78 is 13.0. The van der Waals surface area contributed by atoms with Crippen LogP contribution in [0.2, 0.25) is 0 Å². The summed E-state index contributed by atoms with van der Waals surface area (Å²) in [6, 6.07) is 9.03. The third kappa shape index (κ3) is 1.39. The highest BCUT2D eigenvalue weighted by atomic mass is 19.1. The second kappa shape index (κ2) is 3.41. The molecule has 2 aromatic carbocycles. The molecule has 0 aliphatic rings. The monoisotopic (exact) mass is 188 g/mol. The lowest BCUT2D eigenvalue weighted by atomic mass is 9.98. The standard InChI is InChI=1S/C13H13F/c1-3-12-9(2)4-5-10-8-11(14)6-7-13(10)12/h4-8H,3H2,1-2H3. The molecular formula is C13H13F.